The summed E-state index contributed by atoms with van der Waals surface area (Å²) >= 11 is 4.85. The van der Waals surface area contributed by atoms with Crippen molar-refractivity contribution in [2.75, 3.05) is 6.54 Å². The number of hydrogen-bond donors (Lipinski definition) is 1. The summed E-state index contributed by atoms with van der Waals surface area (Å²) in [5.74, 6) is 1.30. The molecule has 1 fully saturated rings. The topological polar surface area (TPSA) is 90.5 Å². The Morgan fingerprint density at radius 3 is 2.89 bits per heavy atom. The minimum Gasteiger partial charge on any atom is -0.351 e. The van der Waals surface area contributed by atoms with Gasteiger partial charge in [0.25, 0.3) is 5.91 Å². The smallest absolute Gasteiger partial charge is 0.261 e. The fourth-order valence-corrected chi connectivity index (χ4v) is 6.61. The van der Waals surface area contributed by atoms with Crippen molar-refractivity contribution >= 4 is 49.8 Å². The van der Waals surface area contributed by atoms with Crippen molar-refractivity contribution in [1.82, 2.24) is 34.8 Å². The predicted octanol–water partition coefficient (Wildman–Crippen LogP) is 6.03. The van der Waals surface area contributed by atoms with Gasteiger partial charge in [-0.1, -0.05) is 12.5 Å². The van der Waals surface area contributed by atoms with Gasteiger partial charge in [-0.2, -0.15) is 10.2 Å². The van der Waals surface area contributed by atoms with Gasteiger partial charge in [0, 0.05) is 24.2 Å². The number of nitrogens with one attached hydrogen (secondary N) is 1. The van der Waals surface area contributed by atoms with Gasteiger partial charge in [-0.05, 0) is 72.2 Å². The molecule has 37 heavy (non-hydrogen) atoms. The Hall–Kier alpha value is -3.18. The highest BCUT2D eigenvalue weighted by Gasteiger charge is 2.29. The van der Waals surface area contributed by atoms with Gasteiger partial charge in [-0.25, -0.2) is 14.4 Å². The van der Waals surface area contributed by atoms with Crippen LogP contribution in [0.2, 0.25) is 0 Å². The number of fused-ring (bicyclic) bond motifs is 1. The van der Waals surface area contributed by atoms with E-state index in [0.717, 1.165) is 46.9 Å². The minimum atomic E-state index is -0.230. The average Bonchev–Trinajstić information content (AvgIpc) is 3.67. The van der Waals surface area contributed by atoms with Crippen LogP contribution in [0.15, 0.2) is 58.6 Å². The predicted molar refractivity (Wildman–Crippen MR) is 144 cm³/mol. The molecule has 1 N–H and O–H groups in total. The standard InChI is InChI=1S/C26H25BrFN7OS/c27-23-9-8-22(37-23)26(36)30-14-16-4-3-5-17(12-16)34-21-13-24(35-31-10-11-32-35)29-15-20(21)33-25(34)18-6-1-2-7-19(18)28/h2,7-11,13,15-17H,1,3-6,12,14H2,(H,30,36)/t16?,17-/m1/s1. The lowest BCUT2D eigenvalue weighted by molar-refractivity contribution is 0.0944. The van der Waals surface area contributed by atoms with Crippen molar-refractivity contribution in [3.05, 3.63) is 69.3 Å². The quantitative estimate of drug-likeness (QED) is 0.300. The number of imidazole rings is 1. The first-order chi connectivity index (χ1) is 18.1. The van der Waals surface area contributed by atoms with Gasteiger partial charge in [0.05, 0.1) is 32.8 Å². The van der Waals surface area contributed by atoms with Crippen LogP contribution in [-0.4, -0.2) is 42.0 Å². The molecule has 0 aromatic carbocycles. The fourth-order valence-electron chi connectivity index (χ4n) is 5.31. The number of carbonyl (C=O) groups excluding carboxylic acids is 1. The van der Waals surface area contributed by atoms with E-state index in [2.05, 4.69) is 41.0 Å². The van der Waals surface area contributed by atoms with E-state index in [1.165, 1.54) is 16.1 Å². The number of allylic oxidation sites excluding steroid dienone is 4. The molecular formula is C26H25BrFN7OS. The molecule has 0 aliphatic heterocycles. The number of thiophene rings is 1. The van der Waals surface area contributed by atoms with Crippen LogP contribution >= 0.6 is 27.3 Å². The molecule has 2 atom stereocenters. The number of halogens is 2. The summed E-state index contributed by atoms with van der Waals surface area (Å²) in [6.07, 6.45) is 13.6. The van der Waals surface area contributed by atoms with Crippen LogP contribution in [0.4, 0.5) is 4.39 Å². The van der Waals surface area contributed by atoms with Crippen molar-refractivity contribution in [1.29, 1.82) is 0 Å². The molecule has 1 amide bonds. The molecule has 2 aliphatic rings. The summed E-state index contributed by atoms with van der Waals surface area (Å²) in [5.41, 5.74) is 2.25. The van der Waals surface area contributed by atoms with Crippen LogP contribution in [0.5, 0.6) is 0 Å². The van der Waals surface area contributed by atoms with Crippen molar-refractivity contribution in [3.63, 3.8) is 0 Å². The molecule has 6 rings (SSSR count). The second kappa shape index (κ2) is 10.3. The third kappa shape index (κ3) is 4.89. The van der Waals surface area contributed by atoms with E-state index in [1.807, 2.05) is 24.3 Å². The summed E-state index contributed by atoms with van der Waals surface area (Å²) in [6, 6.07) is 5.78. The van der Waals surface area contributed by atoms with Gasteiger partial charge in [-0.15, -0.1) is 16.1 Å². The first-order valence-corrected chi connectivity index (χ1v) is 14.0. The lowest BCUT2D eigenvalue weighted by Crippen LogP contribution is -2.32. The van der Waals surface area contributed by atoms with Gasteiger partial charge < -0.3 is 9.88 Å². The van der Waals surface area contributed by atoms with Crippen LogP contribution < -0.4 is 5.32 Å². The number of rotatable bonds is 6. The Labute approximate surface area is 225 Å². The number of hydrogen-bond acceptors (Lipinski definition) is 6. The second-order valence-electron chi connectivity index (χ2n) is 9.42. The Morgan fingerprint density at radius 1 is 1.24 bits per heavy atom. The molecule has 8 nitrogen and oxygen atoms in total. The Bertz CT molecular complexity index is 1510. The zero-order chi connectivity index (χ0) is 25.4. The molecule has 0 saturated heterocycles. The molecular weight excluding hydrogens is 557 g/mol. The van der Waals surface area contributed by atoms with Crippen molar-refractivity contribution in [3.8, 4) is 5.82 Å². The molecule has 0 radical (unpaired) electrons. The second-order valence-corrected chi connectivity index (χ2v) is 11.9. The van der Waals surface area contributed by atoms with Crippen LogP contribution in [-0.2, 0) is 0 Å². The van der Waals surface area contributed by atoms with E-state index in [-0.39, 0.29) is 17.8 Å². The largest absolute Gasteiger partial charge is 0.351 e. The maximum absolute atomic E-state index is 15.0. The minimum absolute atomic E-state index is 0.0461. The van der Waals surface area contributed by atoms with Crippen molar-refractivity contribution in [2.45, 2.75) is 44.6 Å². The number of nitrogens with zero attached hydrogens (tertiary/aromatic N) is 6. The van der Waals surface area contributed by atoms with Gasteiger partial charge in [0.15, 0.2) is 5.82 Å². The van der Waals surface area contributed by atoms with E-state index in [0.29, 0.717) is 41.0 Å². The van der Waals surface area contributed by atoms with Gasteiger partial charge in [0.1, 0.15) is 17.2 Å². The van der Waals surface area contributed by atoms with E-state index < -0.39 is 0 Å². The van der Waals surface area contributed by atoms with Crippen LogP contribution in [0.1, 0.15) is 60.1 Å². The summed E-state index contributed by atoms with van der Waals surface area (Å²) in [5, 5.41) is 11.5. The highest BCUT2D eigenvalue weighted by Crippen LogP contribution is 2.39. The summed E-state index contributed by atoms with van der Waals surface area (Å²) in [4.78, 5) is 24.2. The Morgan fingerprint density at radius 2 is 2.11 bits per heavy atom. The average molecular weight is 583 g/mol. The molecule has 2 aliphatic carbocycles. The number of amides is 1. The molecule has 0 spiro atoms. The molecule has 0 bridgehead atoms. The maximum atomic E-state index is 15.0. The summed E-state index contributed by atoms with van der Waals surface area (Å²) < 4.78 is 18.1. The normalized spacial score (nSPS) is 20.1. The maximum Gasteiger partial charge on any atom is 0.261 e. The third-order valence-corrected chi connectivity index (χ3v) is 8.66. The van der Waals surface area contributed by atoms with E-state index >= 15 is 4.39 Å². The lowest BCUT2D eigenvalue weighted by atomic mass is 9.85. The van der Waals surface area contributed by atoms with Crippen LogP contribution in [0.25, 0.3) is 22.4 Å². The SMILES string of the molecule is O=C(NCC1CCC[C@@H](n2c(C3=C(F)C=CCC3)nc3cnc(-n4nccn4)cc32)C1)c1ccc(Br)s1. The Kier molecular flexibility index (Phi) is 6.72. The molecule has 1 unspecified atom stereocenters. The number of aromatic nitrogens is 6. The molecule has 4 aromatic heterocycles. The van der Waals surface area contributed by atoms with Crippen LogP contribution in [0, 0.1) is 5.92 Å². The first-order valence-electron chi connectivity index (χ1n) is 12.4. The van der Waals surface area contributed by atoms with Crippen LogP contribution in [0.3, 0.4) is 0 Å². The lowest BCUT2D eigenvalue weighted by Gasteiger charge is -2.32. The highest BCUT2D eigenvalue weighted by atomic mass is 79.9. The van der Waals surface area contributed by atoms with Gasteiger partial charge in [0.2, 0.25) is 0 Å². The summed E-state index contributed by atoms with van der Waals surface area (Å²) in [6.45, 7) is 0.608. The highest BCUT2D eigenvalue weighted by molar-refractivity contribution is 9.11. The summed E-state index contributed by atoms with van der Waals surface area (Å²) in [7, 11) is 0. The monoisotopic (exact) mass is 581 g/mol. The molecule has 1 saturated carbocycles. The molecule has 190 valence electrons. The first kappa shape index (κ1) is 24.2. The van der Waals surface area contributed by atoms with Crippen molar-refractivity contribution in [2.24, 2.45) is 5.92 Å². The van der Waals surface area contributed by atoms with E-state index in [9.17, 15) is 4.79 Å². The van der Waals surface area contributed by atoms with Gasteiger partial charge >= 0.3 is 0 Å². The Balaban J connectivity index is 1.33. The third-order valence-electron chi connectivity index (χ3n) is 7.04. The zero-order valence-electron chi connectivity index (χ0n) is 20.0. The van der Waals surface area contributed by atoms with E-state index in [4.69, 9.17) is 4.98 Å². The molecule has 4 aromatic rings. The van der Waals surface area contributed by atoms with Gasteiger partial charge in [-0.3, -0.25) is 4.79 Å². The number of carbonyl (C=O) groups is 1. The molecule has 4 heterocycles. The number of pyridine rings is 1. The zero-order valence-corrected chi connectivity index (χ0v) is 22.4. The fraction of sp³-hybridized carbons (Fsp3) is 0.346. The molecule has 11 heteroatoms. The van der Waals surface area contributed by atoms with Crippen molar-refractivity contribution < 1.29 is 9.18 Å². The van der Waals surface area contributed by atoms with E-state index in [1.54, 1.807) is 24.7 Å².